The Hall–Kier alpha value is -6.83. The van der Waals surface area contributed by atoms with E-state index in [1.807, 2.05) is 0 Å². The van der Waals surface area contributed by atoms with Gasteiger partial charge in [-0.15, -0.1) is 0 Å². The highest BCUT2D eigenvalue weighted by Crippen LogP contribution is 2.10. The zero-order chi connectivity index (χ0) is 45.2. The van der Waals surface area contributed by atoms with Crippen LogP contribution in [0, 0.1) is 0 Å². The lowest BCUT2D eigenvalue weighted by atomic mass is 10.0. The molecule has 1 rings (SSSR count). The SMILES string of the molecule is CC1NC(=O)C(CCCN=C(N)N)NC(=O)C(CCCN=C(N)N)NC(=O)C(CCCN=C(N)N)NC(=O)C(CCCN=C(N)N)NC(=O)C(CCCN=C(N)N)NC1=O. The Kier molecular flexibility index (Phi) is 23.7. The average molecular weight is 852 g/mol. The van der Waals surface area contributed by atoms with E-state index < -0.39 is 71.7 Å². The van der Waals surface area contributed by atoms with Crippen molar-refractivity contribution < 1.29 is 28.8 Å². The van der Waals surface area contributed by atoms with Gasteiger partial charge in [0.05, 0.1) is 0 Å². The number of carbonyl (C=O) groups excluding carboxylic acids is 6. The van der Waals surface area contributed by atoms with Gasteiger partial charge in [0.2, 0.25) is 35.4 Å². The number of aliphatic imine (C=N–C) groups is 5. The van der Waals surface area contributed by atoms with Crippen LogP contribution in [0.15, 0.2) is 25.0 Å². The minimum atomic E-state index is -1.30. The molecule has 0 spiro atoms. The van der Waals surface area contributed by atoms with Gasteiger partial charge in [0.1, 0.15) is 36.3 Å². The van der Waals surface area contributed by atoms with Gasteiger partial charge in [0.15, 0.2) is 29.8 Å². The maximum absolute atomic E-state index is 14.0. The molecule has 26 N–H and O–H groups in total. The summed E-state index contributed by atoms with van der Waals surface area (Å²) in [5.41, 5.74) is 54.6. The molecule has 1 heterocycles. The summed E-state index contributed by atoms with van der Waals surface area (Å²) in [6.45, 7) is 1.84. The molecule has 0 aromatic heterocycles. The van der Waals surface area contributed by atoms with Crippen molar-refractivity contribution in [1.82, 2.24) is 31.9 Å². The smallest absolute Gasteiger partial charge is 0.243 e. The molecule has 0 radical (unpaired) electrons. The second-order valence-corrected chi connectivity index (χ2v) is 13.8. The van der Waals surface area contributed by atoms with Gasteiger partial charge in [0.25, 0.3) is 0 Å². The molecule has 6 amide bonds. The number of hydrogen-bond donors (Lipinski definition) is 16. The van der Waals surface area contributed by atoms with Crippen LogP contribution < -0.4 is 89.2 Å². The molecule has 0 bridgehead atoms. The summed E-state index contributed by atoms with van der Waals surface area (Å²) in [5, 5.41) is 15.8. The summed E-state index contributed by atoms with van der Waals surface area (Å²) >= 11 is 0. The van der Waals surface area contributed by atoms with Crippen molar-refractivity contribution >= 4 is 65.2 Å². The first kappa shape index (κ1) is 51.2. The number of guanidine groups is 5. The Morgan fingerprint density at radius 3 is 0.733 bits per heavy atom. The number of nitrogens with zero attached hydrogens (tertiary/aromatic N) is 5. The number of carbonyl (C=O) groups is 6. The molecule has 1 fully saturated rings. The van der Waals surface area contributed by atoms with Gasteiger partial charge in [-0.25, -0.2) is 0 Å². The van der Waals surface area contributed by atoms with Crippen LogP contribution in [0.1, 0.15) is 71.1 Å². The molecule has 0 aromatic rings. The highest BCUT2D eigenvalue weighted by atomic mass is 16.2. The van der Waals surface area contributed by atoms with Crippen molar-refractivity contribution in [3.63, 3.8) is 0 Å². The molecule has 27 heteroatoms. The standard InChI is InChI=1S/C33H65N21O6/c1-17-23(55)50-19(8-3-13-45-30(36)37)25(57)52-21(10-5-15-47-32(40)41)27(59)54-22(11-6-16-48-33(42)43)28(60)53-20(9-4-14-46-31(38)39)26(58)51-18(24(56)49-17)7-2-12-44-29(34)35/h17-22H,2-16H2,1H3,(H,49,56)(H,50,55)(H,51,58)(H,52,57)(H,53,60)(H,54,59)(H4,34,35,44)(H4,36,37,45)(H4,38,39,46)(H4,40,41,47)(H4,42,43,48). The van der Waals surface area contributed by atoms with E-state index in [-0.39, 0.29) is 127 Å². The largest absolute Gasteiger partial charge is 0.370 e. The topological polar surface area (TPSA) is 497 Å². The van der Waals surface area contributed by atoms with E-state index in [2.05, 4.69) is 56.9 Å². The van der Waals surface area contributed by atoms with Gasteiger partial charge < -0.3 is 89.2 Å². The van der Waals surface area contributed by atoms with E-state index >= 15 is 0 Å². The molecule has 1 aliphatic heterocycles. The number of hydrogen-bond acceptors (Lipinski definition) is 11. The third kappa shape index (κ3) is 22.2. The van der Waals surface area contributed by atoms with Gasteiger partial charge in [0, 0.05) is 32.7 Å². The second-order valence-electron chi connectivity index (χ2n) is 13.8. The first-order chi connectivity index (χ1) is 28.3. The molecule has 1 saturated heterocycles. The summed E-state index contributed by atoms with van der Waals surface area (Å²) < 4.78 is 0. The fourth-order valence-corrected chi connectivity index (χ4v) is 5.63. The predicted octanol–water partition coefficient (Wildman–Crippen LogP) is -7.80. The lowest BCUT2D eigenvalue weighted by molar-refractivity contribution is -0.136. The normalized spacial score (nSPS) is 21.8. The molecule has 6 unspecified atom stereocenters. The number of rotatable bonds is 20. The zero-order valence-corrected chi connectivity index (χ0v) is 34.0. The van der Waals surface area contributed by atoms with Crippen LogP contribution in [0.5, 0.6) is 0 Å². The van der Waals surface area contributed by atoms with E-state index in [9.17, 15) is 28.8 Å². The van der Waals surface area contributed by atoms with E-state index in [1.54, 1.807) is 0 Å². The van der Waals surface area contributed by atoms with Gasteiger partial charge in [-0.1, -0.05) is 0 Å². The van der Waals surface area contributed by atoms with E-state index in [0.717, 1.165) is 0 Å². The molecule has 60 heavy (non-hydrogen) atoms. The minimum absolute atomic E-state index is 0.00122. The van der Waals surface area contributed by atoms with Crippen LogP contribution in [0.25, 0.3) is 0 Å². The van der Waals surface area contributed by atoms with Gasteiger partial charge >= 0.3 is 0 Å². The Labute approximate surface area is 348 Å². The highest BCUT2D eigenvalue weighted by Gasteiger charge is 2.34. The van der Waals surface area contributed by atoms with Gasteiger partial charge in [-0.2, -0.15) is 0 Å². The molecule has 0 aromatic carbocycles. The van der Waals surface area contributed by atoms with Crippen molar-refractivity contribution in [3.8, 4) is 0 Å². The zero-order valence-electron chi connectivity index (χ0n) is 34.0. The Balaban J connectivity index is 3.80. The van der Waals surface area contributed by atoms with Crippen LogP contribution in [-0.2, 0) is 28.8 Å². The van der Waals surface area contributed by atoms with Crippen molar-refractivity contribution in [3.05, 3.63) is 0 Å². The van der Waals surface area contributed by atoms with Crippen molar-refractivity contribution in [2.45, 2.75) is 107 Å². The fraction of sp³-hybridized carbons (Fsp3) is 0.667. The van der Waals surface area contributed by atoms with Crippen LogP contribution in [0.2, 0.25) is 0 Å². The summed E-state index contributed by atoms with van der Waals surface area (Å²) in [4.78, 5) is 103. The molecular weight excluding hydrogens is 787 g/mol. The van der Waals surface area contributed by atoms with E-state index in [4.69, 9.17) is 57.3 Å². The number of nitrogens with two attached hydrogens (primary N) is 10. The molecule has 0 aliphatic carbocycles. The van der Waals surface area contributed by atoms with Gasteiger partial charge in [-0.05, 0) is 71.1 Å². The molecule has 338 valence electrons. The maximum atomic E-state index is 14.0. The molecular formula is C33H65N21O6. The Morgan fingerprint density at radius 1 is 0.350 bits per heavy atom. The third-order valence-electron chi connectivity index (χ3n) is 8.64. The first-order valence-electron chi connectivity index (χ1n) is 19.4. The fourth-order valence-electron chi connectivity index (χ4n) is 5.63. The summed E-state index contributed by atoms with van der Waals surface area (Å²) in [7, 11) is 0. The molecule has 1 aliphatic rings. The third-order valence-corrected chi connectivity index (χ3v) is 8.64. The molecule has 27 nitrogen and oxygen atoms in total. The van der Waals surface area contributed by atoms with Crippen LogP contribution in [0.3, 0.4) is 0 Å². The van der Waals surface area contributed by atoms with Gasteiger partial charge in [-0.3, -0.25) is 53.7 Å². The second kappa shape index (κ2) is 27.7. The monoisotopic (exact) mass is 852 g/mol. The Bertz CT molecular complexity index is 1540. The quantitative estimate of drug-likeness (QED) is 0.0307. The highest BCUT2D eigenvalue weighted by molar-refractivity contribution is 5.98. The first-order valence-corrected chi connectivity index (χ1v) is 19.4. The number of amides is 6. The van der Waals surface area contributed by atoms with Crippen LogP contribution in [0.4, 0.5) is 0 Å². The van der Waals surface area contributed by atoms with Crippen LogP contribution >= 0.6 is 0 Å². The summed E-state index contributed by atoms with van der Waals surface area (Å²) in [5.74, 6) is -5.58. The van der Waals surface area contributed by atoms with Crippen molar-refractivity contribution in [2.24, 2.45) is 82.3 Å². The maximum Gasteiger partial charge on any atom is 0.243 e. The van der Waals surface area contributed by atoms with E-state index in [1.165, 1.54) is 6.92 Å². The van der Waals surface area contributed by atoms with Crippen molar-refractivity contribution in [1.29, 1.82) is 0 Å². The summed E-state index contributed by atoms with van der Waals surface area (Å²) in [6, 6.07) is -7.63. The molecule has 6 atom stereocenters. The minimum Gasteiger partial charge on any atom is -0.370 e. The van der Waals surface area contributed by atoms with Crippen molar-refractivity contribution in [2.75, 3.05) is 32.7 Å². The molecule has 0 saturated carbocycles. The number of nitrogens with one attached hydrogen (secondary N) is 6. The van der Waals surface area contributed by atoms with E-state index in [0.29, 0.717) is 0 Å². The predicted molar refractivity (Wildman–Crippen MR) is 227 cm³/mol. The average Bonchev–Trinajstić information content (AvgIpc) is 3.16. The lowest BCUT2D eigenvalue weighted by Crippen LogP contribution is -2.61. The summed E-state index contributed by atoms with van der Waals surface area (Å²) in [6.07, 6.45) is 0.974. The Morgan fingerprint density at radius 2 is 0.533 bits per heavy atom. The lowest BCUT2D eigenvalue weighted by Gasteiger charge is -2.28. The van der Waals surface area contributed by atoms with Crippen LogP contribution in [-0.4, -0.2) is 134 Å².